The van der Waals surface area contributed by atoms with E-state index in [9.17, 15) is 13.2 Å². The van der Waals surface area contributed by atoms with E-state index in [1.165, 1.54) is 6.07 Å². The largest absolute Gasteiger partial charge is 0.451 e. The van der Waals surface area contributed by atoms with Crippen LogP contribution in [0.1, 0.15) is 11.4 Å². The first-order valence-electron chi connectivity index (χ1n) is 5.03. The SMILES string of the molecule is Cc1cnc(Sc2cc(N)nc(C(F)(F)F)n2)nc1. The van der Waals surface area contributed by atoms with Gasteiger partial charge >= 0.3 is 6.18 Å². The number of halogens is 3. The molecule has 19 heavy (non-hydrogen) atoms. The average molecular weight is 287 g/mol. The first kappa shape index (κ1) is 13.5. The molecule has 0 atom stereocenters. The van der Waals surface area contributed by atoms with Crippen LogP contribution in [-0.2, 0) is 6.18 Å². The molecule has 0 fully saturated rings. The molecule has 100 valence electrons. The summed E-state index contributed by atoms with van der Waals surface area (Å²) in [5.74, 6) is -1.53. The second-order valence-corrected chi connectivity index (χ2v) is 4.59. The molecule has 2 aromatic rings. The van der Waals surface area contributed by atoms with E-state index < -0.39 is 12.0 Å². The predicted octanol–water partition coefficient (Wildman–Crippen LogP) is 2.33. The van der Waals surface area contributed by atoms with Crippen LogP contribution in [0, 0.1) is 6.92 Å². The van der Waals surface area contributed by atoms with Crippen LogP contribution in [0.4, 0.5) is 19.0 Å². The Balaban J connectivity index is 2.30. The van der Waals surface area contributed by atoms with Gasteiger partial charge in [-0.2, -0.15) is 13.2 Å². The van der Waals surface area contributed by atoms with E-state index in [4.69, 9.17) is 5.73 Å². The lowest BCUT2D eigenvalue weighted by Crippen LogP contribution is -2.12. The van der Waals surface area contributed by atoms with Gasteiger partial charge in [-0.25, -0.2) is 19.9 Å². The quantitative estimate of drug-likeness (QED) is 0.674. The van der Waals surface area contributed by atoms with Gasteiger partial charge in [0.15, 0.2) is 5.16 Å². The fraction of sp³-hybridized carbons (Fsp3) is 0.200. The van der Waals surface area contributed by atoms with E-state index in [1.807, 2.05) is 0 Å². The Labute approximate surface area is 110 Å². The topological polar surface area (TPSA) is 77.6 Å². The second kappa shape index (κ2) is 5.00. The predicted molar refractivity (Wildman–Crippen MR) is 62.3 cm³/mol. The molecule has 0 spiro atoms. The van der Waals surface area contributed by atoms with Crippen molar-refractivity contribution < 1.29 is 13.2 Å². The van der Waals surface area contributed by atoms with Gasteiger partial charge in [-0.1, -0.05) is 0 Å². The first-order valence-corrected chi connectivity index (χ1v) is 5.84. The van der Waals surface area contributed by atoms with Crippen molar-refractivity contribution in [2.24, 2.45) is 0 Å². The number of nitrogen functional groups attached to an aromatic ring is 1. The Morgan fingerprint density at radius 3 is 2.37 bits per heavy atom. The van der Waals surface area contributed by atoms with Crippen LogP contribution in [-0.4, -0.2) is 19.9 Å². The van der Waals surface area contributed by atoms with Gasteiger partial charge in [-0.05, 0) is 24.2 Å². The maximum atomic E-state index is 12.5. The highest BCUT2D eigenvalue weighted by Crippen LogP contribution is 2.30. The molecule has 0 aliphatic heterocycles. The monoisotopic (exact) mass is 287 g/mol. The lowest BCUT2D eigenvalue weighted by molar-refractivity contribution is -0.145. The summed E-state index contributed by atoms with van der Waals surface area (Å²) in [6.45, 7) is 1.80. The fourth-order valence-electron chi connectivity index (χ4n) is 1.15. The minimum absolute atomic E-state index is 0.0451. The van der Waals surface area contributed by atoms with Crippen LogP contribution >= 0.6 is 11.8 Å². The number of hydrogen-bond acceptors (Lipinski definition) is 6. The van der Waals surface area contributed by atoms with E-state index in [-0.39, 0.29) is 16.0 Å². The number of aryl methyl sites for hydroxylation is 1. The van der Waals surface area contributed by atoms with Gasteiger partial charge in [0.05, 0.1) is 0 Å². The van der Waals surface area contributed by atoms with Gasteiger partial charge in [0, 0.05) is 18.5 Å². The molecule has 0 saturated carbocycles. The molecule has 2 rings (SSSR count). The average Bonchev–Trinajstić information content (AvgIpc) is 2.30. The van der Waals surface area contributed by atoms with Crippen LogP contribution in [0.3, 0.4) is 0 Å². The Hall–Kier alpha value is -1.90. The highest BCUT2D eigenvalue weighted by Gasteiger charge is 2.35. The molecule has 2 aromatic heterocycles. The van der Waals surface area contributed by atoms with Crippen LogP contribution < -0.4 is 5.73 Å². The summed E-state index contributed by atoms with van der Waals surface area (Å²) in [7, 11) is 0. The minimum Gasteiger partial charge on any atom is -0.384 e. The van der Waals surface area contributed by atoms with Gasteiger partial charge in [-0.3, -0.25) is 0 Å². The summed E-state index contributed by atoms with van der Waals surface area (Å²) in [5.41, 5.74) is 6.18. The molecule has 0 amide bonds. The van der Waals surface area contributed by atoms with E-state index in [0.29, 0.717) is 0 Å². The summed E-state index contributed by atoms with van der Waals surface area (Å²) < 4.78 is 37.6. The molecule has 2 heterocycles. The van der Waals surface area contributed by atoms with Crippen molar-refractivity contribution in [3.63, 3.8) is 0 Å². The van der Waals surface area contributed by atoms with Crippen molar-refractivity contribution in [2.75, 3.05) is 5.73 Å². The molecule has 9 heteroatoms. The van der Waals surface area contributed by atoms with E-state index in [2.05, 4.69) is 19.9 Å². The van der Waals surface area contributed by atoms with Crippen molar-refractivity contribution in [3.8, 4) is 0 Å². The minimum atomic E-state index is -4.64. The lowest BCUT2D eigenvalue weighted by atomic mass is 10.4. The van der Waals surface area contributed by atoms with E-state index in [1.54, 1.807) is 19.3 Å². The maximum absolute atomic E-state index is 12.5. The van der Waals surface area contributed by atoms with Crippen molar-refractivity contribution in [3.05, 3.63) is 29.8 Å². The Bertz CT molecular complexity index is 585. The third-order valence-corrected chi connectivity index (χ3v) is 2.74. The van der Waals surface area contributed by atoms with Gasteiger partial charge in [-0.15, -0.1) is 0 Å². The van der Waals surface area contributed by atoms with Crippen molar-refractivity contribution in [1.29, 1.82) is 0 Å². The van der Waals surface area contributed by atoms with Crippen LogP contribution in [0.25, 0.3) is 0 Å². The molecule has 0 aliphatic rings. The summed E-state index contributed by atoms with van der Waals surface area (Å²) in [5, 5.41) is 0.334. The molecular weight excluding hydrogens is 279 g/mol. The zero-order valence-electron chi connectivity index (χ0n) is 9.64. The molecule has 5 nitrogen and oxygen atoms in total. The molecule has 2 N–H and O–H groups in total. The Morgan fingerprint density at radius 2 is 1.79 bits per heavy atom. The van der Waals surface area contributed by atoms with Crippen molar-refractivity contribution >= 4 is 17.6 Å². The number of nitrogens with two attached hydrogens (primary N) is 1. The first-order chi connectivity index (χ1) is 8.84. The fourth-order valence-corrected chi connectivity index (χ4v) is 1.86. The normalized spacial score (nSPS) is 11.6. The van der Waals surface area contributed by atoms with E-state index in [0.717, 1.165) is 17.3 Å². The van der Waals surface area contributed by atoms with E-state index >= 15 is 0 Å². The number of rotatable bonds is 2. The number of alkyl halides is 3. The smallest absolute Gasteiger partial charge is 0.384 e. The summed E-state index contributed by atoms with van der Waals surface area (Å²) in [6, 6.07) is 1.24. The molecule has 0 aromatic carbocycles. The van der Waals surface area contributed by atoms with Gasteiger partial charge in [0.2, 0.25) is 5.82 Å². The van der Waals surface area contributed by atoms with Crippen molar-refractivity contribution in [1.82, 2.24) is 19.9 Å². The number of aromatic nitrogens is 4. The van der Waals surface area contributed by atoms with Crippen molar-refractivity contribution in [2.45, 2.75) is 23.3 Å². The zero-order chi connectivity index (χ0) is 14.0. The van der Waals surface area contributed by atoms with Crippen LogP contribution in [0.15, 0.2) is 28.6 Å². The van der Waals surface area contributed by atoms with Crippen LogP contribution in [0.2, 0.25) is 0 Å². The van der Waals surface area contributed by atoms with Gasteiger partial charge in [0.25, 0.3) is 0 Å². The lowest BCUT2D eigenvalue weighted by Gasteiger charge is -2.07. The maximum Gasteiger partial charge on any atom is 0.451 e. The standard InChI is InChI=1S/C10H8F3N5S/c1-5-3-15-9(16-4-5)19-7-2-6(14)17-8(18-7)10(11,12)13/h2-4H,1H3,(H2,14,17,18). The molecule has 0 radical (unpaired) electrons. The number of hydrogen-bond donors (Lipinski definition) is 1. The number of anilines is 1. The summed E-state index contributed by atoms with van der Waals surface area (Å²) >= 11 is 0.887. The highest BCUT2D eigenvalue weighted by atomic mass is 32.2. The Morgan fingerprint density at radius 1 is 1.16 bits per heavy atom. The molecule has 0 unspecified atom stereocenters. The van der Waals surface area contributed by atoms with Crippen LogP contribution in [0.5, 0.6) is 0 Å². The third-order valence-electron chi connectivity index (χ3n) is 1.93. The Kier molecular flexibility index (Phi) is 3.56. The molecule has 0 saturated heterocycles. The zero-order valence-corrected chi connectivity index (χ0v) is 10.5. The summed E-state index contributed by atoms with van der Waals surface area (Å²) in [4.78, 5) is 14.5. The highest BCUT2D eigenvalue weighted by molar-refractivity contribution is 7.99. The van der Waals surface area contributed by atoms with Gasteiger partial charge in [0.1, 0.15) is 10.8 Å². The summed E-state index contributed by atoms with van der Waals surface area (Å²) in [6.07, 6.45) is -1.52. The molecule has 0 bridgehead atoms. The second-order valence-electron chi connectivity index (χ2n) is 3.60. The number of nitrogens with zero attached hydrogens (tertiary/aromatic N) is 4. The molecular formula is C10H8F3N5S. The van der Waals surface area contributed by atoms with Gasteiger partial charge < -0.3 is 5.73 Å². The molecule has 0 aliphatic carbocycles. The third kappa shape index (κ3) is 3.53.